The summed E-state index contributed by atoms with van der Waals surface area (Å²) in [5.74, 6) is 0. The first kappa shape index (κ1) is 20.9. The highest BCUT2D eigenvalue weighted by atomic mass is 16.7. The summed E-state index contributed by atoms with van der Waals surface area (Å²) < 4.78 is 25.6. The molecule has 0 aliphatic carbocycles. The SMILES string of the molecule is Cc1cccc(CC(B2OC(C)(C)C(C)(C)O2)B2OC(C)(C)C(C)(C)O2)c1. The molecule has 1 aromatic rings. The summed E-state index contributed by atoms with van der Waals surface area (Å²) in [5, 5.41) is 0. The molecule has 0 spiro atoms. The Hall–Kier alpha value is -0.810. The van der Waals surface area contributed by atoms with E-state index >= 15 is 0 Å². The molecule has 27 heavy (non-hydrogen) atoms. The molecular weight excluding hydrogens is 338 g/mol. The van der Waals surface area contributed by atoms with Gasteiger partial charge in [0, 0.05) is 5.72 Å². The van der Waals surface area contributed by atoms with Crippen molar-refractivity contribution in [3.63, 3.8) is 0 Å². The highest BCUT2D eigenvalue weighted by molar-refractivity contribution is 6.68. The highest BCUT2D eigenvalue weighted by Gasteiger charge is 2.61. The third-order valence-electron chi connectivity index (χ3n) is 6.80. The number of hydrogen-bond acceptors (Lipinski definition) is 4. The maximum absolute atomic E-state index is 6.40. The van der Waals surface area contributed by atoms with Crippen LogP contribution in [0.1, 0.15) is 66.5 Å². The predicted molar refractivity (Wildman–Crippen MR) is 111 cm³/mol. The molecule has 1 aromatic carbocycles. The van der Waals surface area contributed by atoms with Gasteiger partial charge in [0.25, 0.3) is 0 Å². The highest BCUT2D eigenvalue weighted by Crippen LogP contribution is 2.46. The van der Waals surface area contributed by atoms with E-state index < -0.39 is 0 Å². The maximum Gasteiger partial charge on any atom is 0.459 e. The van der Waals surface area contributed by atoms with Crippen LogP contribution >= 0.6 is 0 Å². The first-order chi connectivity index (χ1) is 12.2. The number of benzene rings is 1. The van der Waals surface area contributed by atoms with Gasteiger partial charge in [-0.2, -0.15) is 0 Å². The largest absolute Gasteiger partial charge is 0.459 e. The second kappa shape index (κ2) is 6.62. The van der Waals surface area contributed by atoms with Gasteiger partial charge < -0.3 is 18.6 Å². The molecule has 0 unspecified atom stereocenters. The van der Waals surface area contributed by atoms with E-state index in [9.17, 15) is 0 Å². The molecule has 2 saturated heterocycles. The molecule has 2 aliphatic heterocycles. The lowest BCUT2D eigenvalue weighted by Crippen LogP contribution is -2.41. The van der Waals surface area contributed by atoms with Crippen LogP contribution in [0.4, 0.5) is 0 Å². The Bertz CT molecular complexity index is 631. The number of hydrogen-bond donors (Lipinski definition) is 0. The molecule has 3 rings (SSSR count). The zero-order valence-corrected chi connectivity index (χ0v) is 18.4. The quantitative estimate of drug-likeness (QED) is 0.723. The van der Waals surface area contributed by atoms with Crippen LogP contribution in [0.2, 0.25) is 5.72 Å². The van der Waals surface area contributed by atoms with Crippen molar-refractivity contribution in [3.8, 4) is 0 Å². The second-order valence-corrected chi connectivity index (χ2v) is 10.1. The second-order valence-electron chi connectivity index (χ2n) is 10.1. The predicted octanol–water partition coefficient (Wildman–Crippen LogP) is 4.63. The van der Waals surface area contributed by atoms with Crippen LogP contribution in [0.15, 0.2) is 24.3 Å². The van der Waals surface area contributed by atoms with Crippen molar-refractivity contribution in [2.75, 3.05) is 0 Å². The smallest absolute Gasteiger partial charge is 0.403 e. The van der Waals surface area contributed by atoms with Crippen molar-refractivity contribution in [1.29, 1.82) is 0 Å². The Kier molecular flexibility index (Phi) is 5.13. The van der Waals surface area contributed by atoms with Gasteiger partial charge in [0.05, 0.1) is 22.4 Å². The van der Waals surface area contributed by atoms with Gasteiger partial charge in [-0.25, -0.2) is 0 Å². The van der Waals surface area contributed by atoms with Crippen LogP contribution in [-0.4, -0.2) is 36.6 Å². The molecule has 0 aromatic heterocycles. The summed E-state index contributed by atoms with van der Waals surface area (Å²) >= 11 is 0. The maximum atomic E-state index is 6.40. The molecule has 4 nitrogen and oxygen atoms in total. The molecule has 0 N–H and O–H groups in total. The van der Waals surface area contributed by atoms with E-state index in [0.717, 1.165) is 6.42 Å². The van der Waals surface area contributed by atoms with Crippen molar-refractivity contribution in [1.82, 2.24) is 0 Å². The van der Waals surface area contributed by atoms with E-state index in [4.69, 9.17) is 18.6 Å². The van der Waals surface area contributed by atoms with Gasteiger partial charge >= 0.3 is 14.2 Å². The average molecular weight is 372 g/mol. The van der Waals surface area contributed by atoms with Gasteiger partial charge in [-0.3, -0.25) is 0 Å². The minimum absolute atomic E-state index is 0.0612. The van der Waals surface area contributed by atoms with Gasteiger partial charge in [0.1, 0.15) is 0 Å². The monoisotopic (exact) mass is 372 g/mol. The summed E-state index contributed by atoms with van der Waals surface area (Å²) in [6.45, 7) is 18.8. The minimum Gasteiger partial charge on any atom is -0.403 e. The zero-order valence-electron chi connectivity index (χ0n) is 18.4. The standard InChI is InChI=1S/C21H34B2O4/c1-15-11-10-12-16(13-15)14-17(22-24-18(2,3)19(4,5)25-22)23-26-20(6,7)21(8,9)27-23/h10-13,17H,14H2,1-9H3. The fourth-order valence-electron chi connectivity index (χ4n) is 3.56. The van der Waals surface area contributed by atoms with Gasteiger partial charge in [-0.1, -0.05) is 29.8 Å². The Morgan fingerprint density at radius 3 is 1.52 bits per heavy atom. The summed E-state index contributed by atoms with van der Waals surface area (Å²) in [6, 6.07) is 8.57. The van der Waals surface area contributed by atoms with Crippen LogP contribution in [0.25, 0.3) is 0 Å². The lowest BCUT2D eigenvalue weighted by molar-refractivity contribution is 0.00578. The van der Waals surface area contributed by atoms with E-state index in [0.29, 0.717) is 0 Å². The number of rotatable bonds is 4. The lowest BCUT2D eigenvalue weighted by Gasteiger charge is -2.32. The third kappa shape index (κ3) is 3.87. The Labute approximate surface area is 165 Å². The topological polar surface area (TPSA) is 36.9 Å². The molecule has 0 radical (unpaired) electrons. The van der Waals surface area contributed by atoms with E-state index in [1.165, 1.54) is 11.1 Å². The molecule has 0 amide bonds. The summed E-state index contributed by atoms with van der Waals surface area (Å²) in [5.41, 5.74) is 0.892. The average Bonchev–Trinajstić information content (AvgIpc) is 2.84. The molecule has 0 saturated carbocycles. The van der Waals surface area contributed by atoms with Crippen LogP contribution in [0.3, 0.4) is 0 Å². The Balaban J connectivity index is 1.91. The molecule has 2 heterocycles. The van der Waals surface area contributed by atoms with Crippen molar-refractivity contribution in [2.45, 2.75) is 96.9 Å². The van der Waals surface area contributed by atoms with E-state index in [2.05, 4.69) is 86.6 Å². The van der Waals surface area contributed by atoms with Crippen LogP contribution < -0.4 is 0 Å². The first-order valence-electron chi connectivity index (χ1n) is 10.0. The lowest BCUT2D eigenvalue weighted by atomic mass is 9.49. The normalized spacial score (nSPS) is 25.4. The van der Waals surface area contributed by atoms with Crippen LogP contribution in [0, 0.1) is 6.92 Å². The first-order valence-corrected chi connectivity index (χ1v) is 10.0. The van der Waals surface area contributed by atoms with Crippen LogP contribution in [-0.2, 0) is 25.0 Å². The molecule has 2 aliphatic rings. The third-order valence-corrected chi connectivity index (χ3v) is 6.80. The minimum atomic E-state index is -0.384. The molecule has 6 heteroatoms. The van der Waals surface area contributed by atoms with E-state index in [1.54, 1.807) is 0 Å². The van der Waals surface area contributed by atoms with Gasteiger partial charge in [-0.05, 0) is 74.3 Å². The summed E-state index contributed by atoms with van der Waals surface area (Å²) in [7, 11) is -0.768. The molecule has 2 fully saturated rings. The van der Waals surface area contributed by atoms with Gasteiger partial charge in [0.2, 0.25) is 0 Å². The molecule has 0 atom stereocenters. The van der Waals surface area contributed by atoms with Crippen LogP contribution in [0.5, 0.6) is 0 Å². The van der Waals surface area contributed by atoms with Crippen molar-refractivity contribution in [3.05, 3.63) is 35.4 Å². The molecule has 0 bridgehead atoms. The van der Waals surface area contributed by atoms with E-state index in [-0.39, 0.29) is 42.4 Å². The molecular formula is C21H34B2O4. The van der Waals surface area contributed by atoms with E-state index in [1.807, 2.05) is 0 Å². The summed E-state index contributed by atoms with van der Waals surface area (Å²) in [6.07, 6.45) is 0.773. The zero-order chi connectivity index (χ0) is 20.3. The Morgan fingerprint density at radius 2 is 1.15 bits per heavy atom. The van der Waals surface area contributed by atoms with Crippen molar-refractivity contribution < 1.29 is 18.6 Å². The molecule has 148 valence electrons. The summed E-state index contributed by atoms with van der Waals surface area (Å²) in [4.78, 5) is 0. The van der Waals surface area contributed by atoms with Crippen molar-refractivity contribution in [2.24, 2.45) is 0 Å². The Morgan fingerprint density at radius 1 is 0.741 bits per heavy atom. The fraction of sp³-hybridized carbons (Fsp3) is 0.714. The van der Waals surface area contributed by atoms with Crippen molar-refractivity contribution >= 4 is 14.2 Å². The van der Waals surface area contributed by atoms with Gasteiger partial charge in [0.15, 0.2) is 0 Å². The fourth-order valence-corrected chi connectivity index (χ4v) is 3.56. The number of aryl methyl sites for hydroxylation is 1. The van der Waals surface area contributed by atoms with Gasteiger partial charge in [-0.15, -0.1) is 0 Å².